The van der Waals surface area contributed by atoms with Crippen LogP contribution in [0.5, 0.6) is 0 Å². The van der Waals surface area contributed by atoms with E-state index in [1.54, 1.807) is 23.3 Å². The number of Topliss-reactive ketones (excluding diaryl/α,β-unsaturated/α-hetero) is 1. The summed E-state index contributed by atoms with van der Waals surface area (Å²) in [4.78, 5) is 41.5. The molecule has 0 aliphatic rings. The van der Waals surface area contributed by atoms with Crippen LogP contribution in [0.1, 0.15) is 46.8 Å². The zero-order valence-corrected chi connectivity index (χ0v) is 15.5. The van der Waals surface area contributed by atoms with Gasteiger partial charge in [0.15, 0.2) is 5.78 Å². The molecule has 0 spiro atoms. The molecule has 0 atom stereocenters. The highest BCUT2D eigenvalue weighted by Crippen LogP contribution is 2.22. The Balaban J connectivity index is 2.51. The molecule has 0 fully saturated rings. The average molecular weight is 338 g/mol. The molecule has 1 aromatic heterocycles. The van der Waals surface area contributed by atoms with E-state index in [1.165, 1.54) is 4.90 Å². The molecule has 5 nitrogen and oxygen atoms in total. The van der Waals surface area contributed by atoms with Gasteiger partial charge in [-0.15, -0.1) is 11.3 Å². The molecule has 0 aromatic carbocycles. The van der Waals surface area contributed by atoms with E-state index < -0.39 is 0 Å². The molecule has 0 N–H and O–H groups in total. The minimum Gasteiger partial charge on any atom is -0.342 e. The van der Waals surface area contributed by atoms with Gasteiger partial charge >= 0.3 is 0 Å². The Kier molecular flexibility index (Phi) is 7.42. The highest BCUT2D eigenvalue weighted by molar-refractivity contribution is 7.12. The number of nitrogens with zero attached hydrogens (tertiary/aromatic N) is 2. The van der Waals surface area contributed by atoms with Crippen molar-refractivity contribution in [2.45, 2.75) is 40.5 Å². The van der Waals surface area contributed by atoms with Gasteiger partial charge in [-0.3, -0.25) is 14.4 Å². The van der Waals surface area contributed by atoms with E-state index in [0.29, 0.717) is 18.7 Å². The number of thiophene rings is 1. The van der Waals surface area contributed by atoms with E-state index in [9.17, 15) is 14.4 Å². The number of aryl methyl sites for hydroxylation is 2. The fourth-order valence-corrected chi connectivity index (χ4v) is 3.36. The molecule has 2 amide bonds. The first-order valence-corrected chi connectivity index (χ1v) is 8.73. The van der Waals surface area contributed by atoms with Crippen LogP contribution in [-0.2, 0) is 9.59 Å². The second kappa shape index (κ2) is 8.82. The van der Waals surface area contributed by atoms with E-state index in [0.717, 1.165) is 9.75 Å². The molecule has 23 heavy (non-hydrogen) atoms. The Morgan fingerprint density at radius 3 is 2.13 bits per heavy atom. The Hall–Kier alpha value is -1.69. The third-order valence-corrected chi connectivity index (χ3v) is 4.79. The van der Waals surface area contributed by atoms with Crippen molar-refractivity contribution < 1.29 is 14.4 Å². The largest absolute Gasteiger partial charge is 0.342 e. The van der Waals surface area contributed by atoms with Crippen molar-refractivity contribution in [3.05, 3.63) is 21.4 Å². The minimum absolute atomic E-state index is 0.0105. The van der Waals surface area contributed by atoms with Gasteiger partial charge < -0.3 is 9.80 Å². The maximum Gasteiger partial charge on any atom is 0.242 e. The maximum absolute atomic E-state index is 12.2. The third kappa shape index (κ3) is 5.46. The predicted molar refractivity (Wildman–Crippen MR) is 92.9 cm³/mol. The van der Waals surface area contributed by atoms with Crippen molar-refractivity contribution in [2.75, 3.05) is 26.7 Å². The summed E-state index contributed by atoms with van der Waals surface area (Å²) in [7, 11) is 1.61. The van der Waals surface area contributed by atoms with Gasteiger partial charge in [0.25, 0.3) is 0 Å². The Labute approximate surface area is 142 Å². The van der Waals surface area contributed by atoms with E-state index in [1.807, 2.05) is 33.8 Å². The lowest BCUT2D eigenvalue weighted by Crippen LogP contribution is -2.41. The van der Waals surface area contributed by atoms with Gasteiger partial charge in [-0.2, -0.15) is 0 Å². The van der Waals surface area contributed by atoms with Gasteiger partial charge in [0.05, 0.1) is 6.54 Å². The third-order valence-electron chi connectivity index (χ3n) is 3.82. The first-order valence-electron chi connectivity index (χ1n) is 7.92. The molecular weight excluding hydrogens is 312 g/mol. The van der Waals surface area contributed by atoms with Crippen molar-refractivity contribution in [3.63, 3.8) is 0 Å². The fraction of sp³-hybridized carbons (Fsp3) is 0.588. The summed E-state index contributed by atoms with van der Waals surface area (Å²) in [6, 6.07) is 1.88. The first-order chi connectivity index (χ1) is 10.8. The van der Waals surface area contributed by atoms with Crippen LogP contribution in [0.15, 0.2) is 6.07 Å². The van der Waals surface area contributed by atoms with E-state index in [2.05, 4.69) is 0 Å². The van der Waals surface area contributed by atoms with Crippen LogP contribution in [0.2, 0.25) is 0 Å². The highest BCUT2D eigenvalue weighted by Gasteiger charge is 2.18. The lowest BCUT2D eigenvalue weighted by molar-refractivity contribution is -0.139. The zero-order valence-electron chi connectivity index (χ0n) is 14.6. The van der Waals surface area contributed by atoms with Crippen LogP contribution in [0.25, 0.3) is 0 Å². The summed E-state index contributed by atoms with van der Waals surface area (Å²) in [5.74, 6) is -0.256. The second-order valence-corrected chi connectivity index (χ2v) is 7.03. The van der Waals surface area contributed by atoms with E-state index in [-0.39, 0.29) is 37.0 Å². The summed E-state index contributed by atoms with van der Waals surface area (Å²) in [5.41, 5.74) is 0.710. The molecule has 0 unspecified atom stereocenters. The van der Waals surface area contributed by atoms with Gasteiger partial charge in [0, 0.05) is 48.3 Å². The molecule has 0 radical (unpaired) electrons. The summed E-state index contributed by atoms with van der Waals surface area (Å²) in [6.45, 7) is 9.03. The summed E-state index contributed by atoms with van der Waals surface area (Å²) in [6.07, 6.45) is 0.314. The van der Waals surface area contributed by atoms with Gasteiger partial charge in [-0.05, 0) is 33.8 Å². The van der Waals surface area contributed by atoms with Gasteiger partial charge in [0.1, 0.15) is 0 Å². The lowest BCUT2D eigenvalue weighted by atomic mass is 10.1. The second-order valence-electron chi connectivity index (χ2n) is 5.57. The smallest absolute Gasteiger partial charge is 0.242 e. The molecule has 0 saturated heterocycles. The van der Waals surface area contributed by atoms with Crippen molar-refractivity contribution in [3.8, 4) is 0 Å². The van der Waals surface area contributed by atoms with Crippen molar-refractivity contribution in [1.29, 1.82) is 0 Å². The van der Waals surface area contributed by atoms with Crippen LogP contribution >= 0.6 is 11.3 Å². The number of carbonyl (C=O) groups excluding carboxylic acids is 3. The van der Waals surface area contributed by atoms with Gasteiger partial charge in [0.2, 0.25) is 11.8 Å². The van der Waals surface area contributed by atoms with Gasteiger partial charge in [-0.25, -0.2) is 0 Å². The Morgan fingerprint density at radius 2 is 1.65 bits per heavy atom. The number of carbonyl (C=O) groups is 3. The number of amides is 2. The summed E-state index contributed by atoms with van der Waals surface area (Å²) < 4.78 is 0. The lowest BCUT2D eigenvalue weighted by Gasteiger charge is -2.23. The van der Waals surface area contributed by atoms with Crippen LogP contribution in [0.4, 0.5) is 0 Å². The Morgan fingerprint density at radius 1 is 1.04 bits per heavy atom. The standard InChI is InChI=1S/C17H26N2O3S/c1-6-19(7-2)17(22)11-18(5)16(21)9-8-15(20)14-10-12(3)23-13(14)4/h10H,6-9,11H2,1-5H3. The molecule has 0 aliphatic carbocycles. The molecular formula is C17H26N2O3S. The van der Waals surface area contributed by atoms with Crippen LogP contribution in [0, 0.1) is 13.8 Å². The molecule has 6 heteroatoms. The molecule has 1 rings (SSSR count). The molecule has 1 aromatic rings. The predicted octanol–water partition coefficient (Wildman–Crippen LogP) is 2.65. The number of rotatable bonds is 8. The molecule has 0 saturated carbocycles. The normalized spacial score (nSPS) is 10.5. The van der Waals surface area contributed by atoms with Crippen molar-refractivity contribution in [1.82, 2.24) is 9.80 Å². The number of likely N-dealkylation sites (N-methyl/N-ethyl adjacent to an activating group) is 2. The number of ketones is 1. The minimum atomic E-state index is -0.177. The van der Waals surface area contributed by atoms with E-state index >= 15 is 0 Å². The maximum atomic E-state index is 12.2. The molecule has 0 bridgehead atoms. The quantitative estimate of drug-likeness (QED) is 0.685. The summed E-state index contributed by atoms with van der Waals surface area (Å²) in [5, 5.41) is 0. The number of hydrogen-bond acceptors (Lipinski definition) is 4. The Bertz CT molecular complexity index is 576. The fourth-order valence-electron chi connectivity index (χ4n) is 2.42. The molecule has 0 aliphatic heterocycles. The van der Waals surface area contributed by atoms with Crippen molar-refractivity contribution in [2.24, 2.45) is 0 Å². The SMILES string of the molecule is CCN(CC)C(=O)CN(C)C(=O)CCC(=O)c1cc(C)sc1C. The van der Waals surface area contributed by atoms with E-state index in [4.69, 9.17) is 0 Å². The van der Waals surface area contributed by atoms with Crippen LogP contribution in [0.3, 0.4) is 0 Å². The topological polar surface area (TPSA) is 57.7 Å². The van der Waals surface area contributed by atoms with Crippen LogP contribution in [-0.4, -0.2) is 54.1 Å². The van der Waals surface area contributed by atoms with Gasteiger partial charge in [-0.1, -0.05) is 0 Å². The molecule has 1 heterocycles. The highest BCUT2D eigenvalue weighted by atomic mass is 32.1. The number of hydrogen-bond donors (Lipinski definition) is 0. The monoisotopic (exact) mass is 338 g/mol. The average Bonchev–Trinajstić information content (AvgIpc) is 2.84. The zero-order chi connectivity index (χ0) is 17.6. The summed E-state index contributed by atoms with van der Waals surface area (Å²) >= 11 is 1.59. The molecule has 128 valence electrons. The van der Waals surface area contributed by atoms with Crippen molar-refractivity contribution >= 4 is 28.9 Å². The van der Waals surface area contributed by atoms with Crippen LogP contribution < -0.4 is 0 Å². The first kappa shape index (κ1) is 19.4.